The quantitative estimate of drug-likeness (QED) is 0.652. The number of benzene rings is 1. The molecule has 0 amide bonds. The molecule has 4 aliphatic rings. The first-order chi connectivity index (χ1) is 12.2. The second kappa shape index (κ2) is 6.09. The van der Waals surface area contributed by atoms with Crippen molar-refractivity contribution >= 4 is 29.3 Å². The van der Waals surface area contributed by atoms with Crippen LogP contribution in [0.2, 0.25) is 0 Å². The van der Waals surface area contributed by atoms with E-state index in [1.807, 2.05) is 0 Å². The highest BCUT2D eigenvalue weighted by Gasteiger charge is 2.52. The van der Waals surface area contributed by atoms with E-state index in [9.17, 15) is 4.79 Å². The highest BCUT2D eigenvalue weighted by molar-refractivity contribution is 8.19. The molecule has 1 fully saturated rings. The first-order valence-corrected chi connectivity index (χ1v) is 11.5. The molecule has 3 aliphatic heterocycles. The minimum absolute atomic E-state index is 0.0103. The zero-order valence-electron chi connectivity index (χ0n) is 14.8. The second-order valence-electron chi connectivity index (χ2n) is 7.92. The van der Waals surface area contributed by atoms with Crippen molar-refractivity contribution in [2.75, 3.05) is 18.1 Å². The van der Waals surface area contributed by atoms with Gasteiger partial charge in [0.25, 0.3) is 0 Å². The van der Waals surface area contributed by atoms with Crippen molar-refractivity contribution in [3.8, 4) is 0 Å². The minimum Gasteiger partial charge on any atom is -0.367 e. The Morgan fingerprint density at radius 3 is 2.80 bits per heavy atom. The maximum atomic E-state index is 13.1. The molecule has 2 nitrogen and oxygen atoms in total. The molecule has 132 valence electrons. The third kappa shape index (κ3) is 2.51. The number of carbonyl (C=O) groups excluding carboxylic acids is 1. The lowest BCUT2D eigenvalue weighted by atomic mass is 9.77. The zero-order valence-corrected chi connectivity index (χ0v) is 16.4. The van der Waals surface area contributed by atoms with E-state index in [-0.39, 0.29) is 4.08 Å². The van der Waals surface area contributed by atoms with Gasteiger partial charge in [0.15, 0.2) is 5.78 Å². The van der Waals surface area contributed by atoms with E-state index in [1.165, 1.54) is 40.3 Å². The van der Waals surface area contributed by atoms with Crippen LogP contribution in [0.5, 0.6) is 0 Å². The van der Waals surface area contributed by atoms with E-state index < -0.39 is 0 Å². The fourth-order valence-electron chi connectivity index (χ4n) is 5.17. The fourth-order valence-corrected chi connectivity index (χ4v) is 8.72. The molecule has 2 unspecified atom stereocenters. The summed E-state index contributed by atoms with van der Waals surface area (Å²) in [4.78, 5) is 15.7. The molecule has 3 heterocycles. The molecular formula is C21H25NOS2. The van der Waals surface area contributed by atoms with Crippen LogP contribution in [0.3, 0.4) is 0 Å². The van der Waals surface area contributed by atoms with Gasteiger partial charge in [0.2, 0.25) is 0 Å². The third-order valence-electron chi connectivity index (χ3n) is 6.20. The van der Waals surface area contributed by atoms with E-state index in [4.69, 9.17) is 0 Å². The number of thioether (sulfide) groups is 2. The molecule has 0 aromatic heterocycles. The van der Waals surface area contributed by atoms with Crippen LogP contribution in [0, 0.1) is 5.92 Å². The summed E-state index contributed by atoms with van der Waals surface area (Å²) in [5.74, 6) is 3.31. The summed E-state index contributed by atoms with van der Waals surface area (Å²) in [7, 11) is 0. The summed E-state index contributed by atoms with van der Waals surface area (Å²) >= 11 is 4.13. The lowest BCUT2D eigenvalue weighted by molar-refractivity contribution is -0.117. The number of rotatable bonds is 0. The molecule has 4 heteroatoms. The predicted molar refractivity (Wildman–Crippen MR) is 107 cm³/mol. The van der Waals surface area contributed by atoms with Crippen LogP contribution in [0.4, 0.5) is 0 Å². The van der Waals surface area contributed by atoms with Gasteiger partial charge in [-0.3, -0.25) is 4.79 Å². The molecule has 0 N–H and O–H groups in total. The Hall–Kier alpha value is -0.870. The molecule has 25 heavy (non-hydrogen) atoms. The largest absolute Gasteiger partial charge is 0.367 e. The summed E-state index contributed by atoms with van der Waals surface area (Å²) < 4.78 is 0.0103. The monoisotopic (exact) mass is 371 g/mol. The number of nitrogens with zero attached hydrogens (tertiary/aromatic N) is 1. The van der Waals surface area contributed by atoms with Crippen LogP contribution in [0.1, 0.15) is 49.8 Å². The van der Waals surface area contributed by atoms with Crippen LogP contribution in [0.25, 0.3) is 0 Å². The third-order valence-corrected chi connectivity index (χ3v) is 9.57. The minimum atomic E-state index is 0.0103. The van der Waals surface area contributed by atoms with Gasteiger partial charge in [-0.2, -0.15) is 0 Å². The number of hydrogen-bond donors (Lipinski definition) is 0. The Kier molecular flexibility index (Phi) is 3.97. The standard InChI is InChI=1S/C21H25NOS2/c1-14-11-17-20(19(23)12-14)21(24-9-4-10-25-21)13-18-16-6-3-2-5-15(16)7-8-22(17)18/h2-3,5-6,14,18H,4,7-13H2,1H3. The topological polar surface area (TPSA) is 20.3 Å². The summed E-state index contributed by atoms with van der Waals surface area (Å²) in [6.07, 6.45) is 5.31. The number of carbonyl (C=O) groups is 1. The van der Waals surface area contributed by atoms with E-state index in [2.05, 4.69) is 59.6 Å². The molecule has 1 aromatic carbocycles. The number of ketones is 1. The Morgan fingerprint density at radius 1 is 1.16 bits per heavy atom. The van der Waals surface area contributed by atoms with Crippen LogP contribution in [-0.4, -0.2) is 32.8 Å². The van der Waals surface area contributed by atoms with E-state index in [0.717, 1.165) is 32.2 Å². The maximum absolute atomic E-state index is 13.1. The van der Waals surface area contributed by atoms with E-state index in [1.54, 1.807) is 0 Å². The predicted octanol–water partition coefficient (Wildman–Crippen LogP) is 4.81. The van der Waals surface area contributed by atoms with Gasteiger partial charge in [-0.05, 0) is 47.8 Å². The van der Waals surface area contributed by atoms with Gasteiger partial charge in [0, 0.05) is 30.7 Å². The molecule has 0 bridgehead atoms. The molecule has 5 rings (SSSR count). The average Bonchev–Trinajstić information content (AvgIpc) is 2.62. The van der Waals surface area contributed by atoms with Crippen LogP contribution in [0.15, 0.2) is 35.5 Å². The number of fused-ring (bicyclic) bond motifs is 5. The Balaban J connectivity index is 1.67. The van der Waals surface area contributed by atoms with Crippen molar-refractivity contribution in [3.63, 3.8) is 0 Å². The van der Waals surface area contributed by atoms with Gasteiger partial charge in [0.1, 0.15) is 0 Å². The van der Waals surface area contributed by atoms with E-state index >= 15 is 0 Å². The smallest absolute Gasteiger partial charge is 0.163 e. The summed E-state index contributed by atoms with van der Waals surface area (Å²) in [5.41, 5.74) is 5.63. The molecule has 1 aromatic rings. The van der Waals surface area contributed by atoms with Gasteiger partial charge in [-0.1, -0.05) is 31.2 Å². The molecular weight excluding hydrogens is 346 g/mol. The van der Waals surface area contributed by atoms with Crippen molar-refractivity contribution in [1.29, 1.82) is 0 Å². The van der Waals surface area contributed by atoms with Gasteiger partial charge in [0.05, 0.1) is 10.1 Å². The van der Waals surface area contributed by atoms with E-state index in [0.29, 0.717) is 17.7 Å². The van der Waals surface area contributed by atoms with Crippen molar-refractivity contribution in [2.24, 2.45) is 5.92 Å². The van der Waals surface area contributed by atoms with Crippen LogP contribution < -0.4 is 0 Å². The number of allylic oxidation sites excluding steroid dienone is 1. The first kappa shape index (κ1) is 16.3. The van der Waals surface area contributed by atoms with Crippen molar-refractivity contribution in [1.82, 2.24) is 4.90 Å². The molecule has 1 saturated heterocycles. The second-order valence-corrected chi connectivity index (χ2v) is 11.0. The van der Waals surface area contributed by atoms with Crippen LogP contribution in [-0.2, 0) is 11.2 Å². The SMILES string of the molecule is CC1CC(=O)C2=C(C1)N1CCc3ccccc3C1CC21SCCCS1. The molecule has 1 aliphatic carbocycles. The molecule has 2 atom stereocenters. The first-order valence-electron chi connectivity index (χ1n) is 9.57. The van der Waals surface area contributed by atoms with Gasteiger partial charge >= 0.3 is 0 Å². The zero-order chi connectivity index (χ0) is 17.0. The number of Topliss-reactive ketones (excluding diaryl/α,β-unsaturated/α-hetero) is 1. The Morgan fingerprint density at radius 2 is 1.96 bits per heavy atom. The van der Waals surface area contributed by atoms with Crippen molar-refractivity contribution in [2.45, 2.75) is 49.1 Å². The average molecular weight is 372 g/mol. The van der Waals surface area contributed by atoms with Crippen molar-refractivity contribution in [3.05, 3.63) is 46.7 Å². The fraction of sp³-hybridized carbons (Fsp3) is 0.571. The highest BCUT2D eigenvalue weighted by Crippen LogP contribution is 2.60. The lowest BCUT2D eigenvalue weighted by Gasteiger charge is -2.54. The number of hydrogen-bond acceptors (Lipinski definition) is 4. The normalized spacial score (nSPS) is 30.8. The summed E-state index contributed by atoms with van der Waals surface area (Å²) in [6.45, 7) is 3.32. The molecule has 1 spiro atoms. The van der Waals surface area contributed by atoms with Crippen LogP contribution >= 0.6 is 23.5 Å². The van der Waals surface area contributed by atoms with Crippen molar-refractivity contribution < 1.29 is 4.79 Å². The molecule has 0 saturated carbocycles. The van der Waals surface area contributed by atoms with Gasteiger partial charge in [-0.25, -0.2) is 0 Å². The van der Waals surface area contributed by atoms with Gasteiger partial charge < -0.3 is 4.90 Å². The molecule has 0 radical (unpaired) electrons. The van der Waals surface area contributed by atoms with Gasteiger partial charge in [-0.15, -0.1) is 23.5 Å². The Bertz CT molecular complexity index is 750. The highest BCUT2D eigenvalue weighted by atomic mass is 32.2. The summed E-state index contributed by atoms with van der Waals surface area (Å²) in [5, 5.41) is 0. The maximum Gasteiger partial charge on any atom is 0.163 e. The lowest BCUT2D eigenvalue weighted by Crippen LogP contribution is -2.49. The Labute approximate surface area is 158 Å². The summed E-state index contributed by atoms with van der Waals surface area (Å²) in [6, 6.07) is 9.46.